The molecule has 5 rings (SSSR count). The first kappa shape index (κ1) is 23.8. The highest BCUT2D eigenvalue weighted by Gasteiger charge is 2.81. The van der Waals surface area contributed by atoms with Crippen molar-refractivity contribution in [1.29, 1.82) is 0 Å². The van der Waals surface area contributed by atoms with Crippen molar-refractivity contribution in [2.75, 3.05) is 0 Å². The topological polar surface area (TPSA) is 72.8 Å². The quantitative estimate of drug-likeness (QED) is 0.589. The average molecular weight is 491 g/mol. The fraction of sp³-hybridized carbons (Fsp3) is 0.833. The Morgan fingerprint density at radius 3 is 2.55 bits per heavy atom. The summed E-state index contributed by atoms with van der Waals surface area (Å²) in [5.41, 5.74) is -8.91. The highest BCUT2D eigenvalue weighted by molar-refractivity contribution is 6.31. The zero-order valence-corrected chi connectivity index (χ0v) is 19.9. The van der Waals surface area contributed by atoms with Crippen LogP contribution >= 0.6 is 11.6 Å². The van der Waals surface area contributed by atoms with Crippen LogP contribution in [0.3, 0.4) is 0 Å². The lowest BCUT2D eigenvalue weighted by Crippen LogP contribution is -2.71. The number of aliphatic hydroxyl groups excluding tert-OH is 1. The molecule has 1 unspecified atom stereocenters. The van der Waals surface area contributed by atoms with Crippen molar-refractivity contribution in [3.63, 3.8) is 0 Å². The summed E-state index contributed by atoms with van der Waals surface area (Å²) in [5.74, 6) is -4.07. The van der Waals surface area contributed by atoms with E-state index in [1.165, 1.54) is 6.08 Å². The van der Waals surface area contributed by atoms with Gasteiger partial charge in [-0.2, -0.15) is 0 Å². The number of aliphatic hydroxyl groups is 1. The second-order valence-electron chi connectivity index (χ2n) is 11.5. The van der Waals surface area contributed by atoms with Crippen molar-refractivity contribution in [3.05, 3.63) is 11.6 Å². The number of hydrogen-bond acceptors (Lipinski definition) is 5. The van der Waals surface area contributed by atoms with Gasteiger partial charge >= 0.3 is 0 Å². The van der Waals surface area contributed by atoms with Crippen molar-refractivity contribution >= 4 is 23.2 Å². The van der Waals surface area contributed by atoms with Gasteiger partial charge in [-0.15, -0.1) is 0 Å². The zero-order valence-electron chi connectivity index (χ0n) is 19.2. The highest BCUT2D eigenvalue weighted by atomic mass is 35.5. The highest BCUT2D eigenvalue weighted by Crippen LogP contribution is 2.73. The Hall–Kier alpha value is -0.960. The predicted octanol–water partition coefficient (Wildman–Crippen LogP) is 4.13. The number of alkyl halides is 4. The van der Waals surface area contributed by atoms with E-state index in [1.807, 2.05) is 0 Å². The molecule has 1 aliphatic heterocycles. The summed E-state index contributed by atoms with van der Waals surface area (Å²) in [6, 6.07) is 0. The van der Waals surface area contributed by atoms with E-state index in [0.29, 0.717) is 0 Å². The molecule has 0 spiro atoms. The maximum Gasteiger partial charge on any atom is 0.234 e. The minimum Gasteiger partial charge on any atom is -0.390 e. The van der Waals surface area contributed by atoms with Gasteiger partial charge in [0.25, 0.3) is 0 Å². The SMILES string of the molecule is CC1(C)O[C@@H]2C[C@H]3[C@@H]4C[C@H](F)C5=CC(=O)CC[C@]5(C)[C@@]4(F)[C@@H](O)C[C@]3(C)[C@]2(C(=O)C(F)Cl)O1. The number of hydrogen-bond donors (Lipinski definition) is 1. The minimum atomic E-state index is -2.37. The van der Waals surface area contributed by atoms with Crippen molar-refractivity contribution in [2.45, 2.75) is 101 Å². The fourth-order valence-corrected chi connectivity index (χ4v) is 8.42. The molecule has 0 aromatic carbocycles. The number of allylic oxidation sites excluding steroid dienone is 1. The third-order valence-electron chi connectivity index (χ3n) is 9.58. The van der Waals surface area contributed by atoms with Crippen LogP contribution in [0.4, 0.5) is 13.2 Å². The van der Waals surface area contributed by atoms with Crippen LogP contribution in [0.5, 0.6) is 0 Å². The number of Topliss-reactive ketones (excluding diaryl/α,β-unsaturated/α-hetero) is 1. The first-order valence-corrected chi connectivity index (χ1v) is 12.0. The van der Waals surface area contributed by atoms with Crippen LogP contribution < -0.4 is 0 Å². The molecule has 5 aliphatic rings. The zero-order chi connectivity index (χ0) is 24.4. The van der Waals surface area contributed by atoms with Crippen LogP contribution in [0.15, 0.2) is 11.6 Å². The standard InChI is InChI=1S/C24H30ClF3O5/c1-20(2)32-17-9-12-13-8-15(26)14-7-11(29)5-6-21(14,3)23(13,28)16(30)10-22(12,4)24(17,33-20)18(31)19(25)27/h7,12-13,15-17,19,30H,5-6,8-10H2,1-4H3/t12-,13-,15-,16-,17+,19?,21-,22-,23-,24-/m0/s1. The van der Waals surface area contributed by atoms with Crippen LogP contribution in [0.25, 0.3) is 0 Å². The smallest absolute Gasteiger partial charge is 0.234 e. The monoisotopic (exact) mass is 490 g/mol. The Balaban J connectivity index is 1.66. The molecule has 0 amide bonds. The molecule has 4 fully saturated rings. The Bertz CT molecular complexity index is 954. The van der Waals surface area contributed by atoms with Crippen molar-refractivity contribution in [1.82, 2.24) is 0 Å². The molecule has 1 N–H and O–H groups in total. The molecule has 0 aromatic heterocycles. The first-order valence-electron chi connectivity index (χ1n) is 11.6. The van der Waals surface area contributed by atoms with Crippen LogP contribution in [0.1, 0.15) is 59.8 Å². The number of ketones is 2. The van der Waals surface area contributed by atoms with Gasteiger partial charge in [-0.05, 0) is 57.1 Å². The molecule has 10 atom stereocenters. The van der Waals surface area contributed by atoms with Crippen LogP contribution in [-0.4, -0.2) is 57.7 Å². The van der Waals surface area contributed by atoms with Crippen molar-refractivity contribution < 1.29 is 37.3 Å². The van der Waals surface area contributed by atoms with Crippen molar-refractivity contribution in [2.24, 2.45) is 22.7 Å². The summed E-state index contributed by atoms with van der Waals surface area (Å²) in [5, 5.41) is 11.4. The van der Waals surface area contributed by atoms with Gasteiger partial charge in [0.15, 0.2) is 17.2 Å². The van der Waals surface area contributed by atoms with Gasteiger partial charge < -0.3 is 14.6 Å². The Morgan fingerprint density at radius 1 is 1.24 bits per heavy atom. The third kappa shape index (κ3) is 2.67. The number of carbonyl (C=O) groups is 2. The van der Waals surface area contributed by atoms with Crippen LogP contribution in [0.2, 0.25) is 0 Å². The lowest BCUT2D eigenvalue weighted by Gasteiger charge is -2.64. The molecule has 3 saturated carbocycles. The van der Waals surface area contributed by atoms with Gasteiger partial charge in [0.1, 0.15) is 11.8 Å². The normalized spacial score (nSPS) is 53.4. The molecule has 9 heteroatoms. The molecule has 5 nitrogen and oxygen atoms in total. The Labute approximate surface area is 196 Å². The van der Waals surface area contributed by atoms with E-state index in [-0.39, 0.29) is 43.5 Å². The largest absolute Gasteiger partial charge is 0.390 e. The van der Waals surface area contributed by atoms with Crippen molar-refractivity contribution in [3.8, 4) is 0 Å². The van der Waals surface area contributed by atoms with Crippen LogP contribution in [0, 0.1) is 22.7 Å². The summed E-state index contributed by atoms with van der Waals surface area (Å²) in [7, 11) is 0. The summed E-state index contributed by atoms with van der Waals surface area (Å²) >= 11 is 5.62. The molecule has 1 heterocycles. The van der Waals surface area contributed by atoms with Gasteiger partial charge in [0.05, 0.1) is 12.2 Å². The molecule has 0 radical (unpaired) electrons. The lowest BCUT2D eigenvalue weighted by molar-refractivity contribution is -0.254. The van der Waals surface area contributed by atoms with Gasteiger partial charge in [-0.1, -0.05) is 25.4 Å². The van der Waals surface area contributed by atoms with Crippen LogP contribution in [-0.2, 0) is 19.1 Å². The Kier molecular flexibility index (Phi) is 4.92. The number of rotatable bonds is 2. The molecule has 0 bridgehead atoms. The minimum absolute atomic E-state index is 0.0704. The maximum atomic E-state index is 17.2. The van der Waals surface area contributed by atoms with Gasteiger partial charge in [-0.3, -0.25) is 9.59 Å². The predicted molar refractivity (Wildman–Crippen MR) is 113 cm³/mol. The number of ether oxygens (including phenoxy) is 2. The number of halogens is 4. The number of carbonyl (C=O) groups excluding carboxylic acids is 2. The molecular weight excluding hydrogens is 461 g/mol. The van der Waals surface area contributed by atoms with E-state index in [4.69, 9.17) is 21.1 Å². The summed E-state index contributed by atoms with van der Waals surface area (Å²) < 4.78 is 59.1. The van der Waals surface area contributed by atoms with E-state index in [0.717, 1.165) is 0 Å². The summed E-state index contributed by atoms with van der Waals surface area (Å²) in [6.45, 7) is 6.47. The lowest BCUT2D eigenvalue weighted by atomic mass is 9.43. The second-order valence-corrected chi connectivity index (χ2v) is 11.8. The molecule has 33 heavy (non-hydrogen) atoms. The Morgan fingerprint density at radius 2 is 1.91 bits per heavy atom. The van der Waals surface area contributed by atoms with E-state index < -0.39 is 69.5 Å². The third-order valence-corrected chi connectivity index (χ3v) is 9.78. The molecular formula is C24H30ClF3O5. The van der Waals surface area contributed by atoms with E-state index in [1.54, 1.807) is 27.7 Å². The summed E-state index contributed by atoms with van der Waals surface area (Å²) in [4.78, 5) is 25.2. The van der Waals surface area contributed by atoms with E-state index in [2.05, 4.69) is 0 Å². The summed E-state index contributed by atoms with van der Waals surface area (Å²) in [6.07, 6.45) is -2.98. The molecule has 184 valence electrons. The van der Waals surface area contributed by atoms with Gasteiger partial charge in [0.2, 0.25) is 11.4 Å². The van der Waals surface area contributed by atoms with Gasteiger partial charge in [0, 0.05) is 23.2 Å². The second kappa shape index (κ2) is 6.83. The molecule has 1 saturated heterocycles. The fourth-order valence-electron chi connectivity index (χ4n) is 8.26. The molecule has 0 aromatic rings. The van der Waals surface area contributed by atoms with Gasteiger partial charge in [-0.25, -0.2) is 13.2 Å². The molecule has 4 aliphatic carbocycles. The average Bonchev–Trinajstić information content (AvgIpc) is 3.11. The first-order chi connectivity index (χ1) is 15.1. The maximum absolute atomic E-state index is 17.2. The van der Waals surface area contributed by atoms with E-state index in [9.17, 15) is 19.1 Å². The number of fused-ring (bicyclic) bond motifs is 7. The van der Waals surface area contributed by atoms with E-state index >= 15 is 8.78 Å².